The van der Waals surface area contributed by atoms with Crippen LogP contribution in [0.3, 0.4) is 0 Å². The van der Waals surface area contributed by atoms with E-state index < -0.39 is 17.5 Å². The molecular weight excluding hydrogens is 336 g/mol. The highest BCUT2D eigenvalue weighted by molar-refractivity contribution is 9.10. The molecule has 0 atom stereocenters. The number of halogens is 1. The molecule has 1 rings (SSSR count). The quantitative estimate of drug-likeness (QED) is 0.765. The van der Waals surface area contributed by atoms with Crippen LogP contribution in [-0.4, -0.2) is 22.6 Å². The highest BCUT2D eigenvalue weighted by atomic mass is 79.9. The average molecular weight is 357 g/mol. The third-order valence-corrected chi connectivity index (χ3v) is 3.98. The largest absolute Gasteiger partial charge is 0.478 e. The molecule has 0 spiro atoms. The molecule has 0 fully saturated rings. The van der Waals surface area contributed by atoms with Crippen molar-refractivity contribution >= 4 is 27.9 Å². The SMILES string of the molecule is CCCC(C)(C)OC(=O)c1cc(Br)c(CC)cc1C(=O)O. The van der Waals surface area contributed by atoms with Crippen LogP contribution in [0.4, 0.5) is 0 Å². The van der Waals surface area contributed by atoms with E-state index in [2.05, 4.69) is 15.9 Å². The van der Waals surface area contributed by atoms with Crippen LogP contribution in [0.2, 0.25) is 0 Å². The van der Waals surface area contributed by atoms with Crippen molar-refractivity contribution in [1.82, 2.24) is 0 Å². The van der Waals surface area contributed by atoms with Gasteiger partial charge in [-0.3, -0.25) is 0 Å². The fourth-order valence-corrected chi connectivity index (χ4v) is 2.82. The summed E-state index contributed by atoms with van der Waals surface area (Å²) in [6, 6.07) is 3.06. The zero-order chi connectivity index (χ0) is 16.2. The van der Waals surface area contributed by atoms with Crippen LogP contribution in [0.5, 0.6) is 0 Å². The van der Waals surface area contributed by atoms with Crippen molar-refractivity contribution in [3.8, 4) is 0 Å². The second-order valence-electron chi connectivity index (χ2n) is 5.55. The summed E-state index contributed by atoms with van der Waals surface area (Å²) in [5.41, 5.74) is 0.289. The Morgan fingerprint density at radius 3 is 2.33 bits per heavy atom. The van der Waals surface area contributed by atoms with E-state index in [0.29, 0.717) is 6.42 Å². The summed E-state index contributed by atoms with van der Waals surface area (Å²) in [5.74, 6) is -1.73. The van der Waals surface area contributed by atoms with Gasteiger partial charge >= 0.3 is 11.9 Å². The zero-order valence-corrected chi connectivity index (χ0v) is 14.4. The Labute approximate surface area is 133 Å². The monoisotopic (exact) mass is 356 g/mol. The molecule has 0 radical (unpaired) electrons. The number of hydrogen-bond donors (Lipinski definition) is 1. The summed E-state index contributed by atoms with van der Waals surface area (Å²) in [5, 5.41) is 9.30. The lowest BCUT2D eigenvalue weighted by molar-refractivity contribution is -0.00502. The molecule has 1 aromatic rings. The molecule has 4 nitrogen and oxygen atoms in total. The maximum absolute atomic E-state index is 12.3. The van der Waals surface area contributed by atoms with Crippen LogP contribution in [0, 0.1) is 0 Å². The molecule has 1 aromatic carbocycles. The Morgan fingerprint density at radius 2 is 1.86 bits per heavy atom. The van der Waals surface area contributed by atoms with Gasteiger partial charge in [0.05, 0.1) is 11.1 Å². The molecule has 21 heavy (non-hydrogen) atoms. The van der Waals surface area contributed by atoms with Gasteiger partial charge in [0.15, 0.2) is 0 Å². The number of hydrogen-bond acceptors (Lipinski definition) is 3. The number of carbonyl (C=O) groups excluding carboxylic acids is 1. The van der Waals surface area contributed by atoms with Gasteiger partial charge in [-0.05, 0) is 44.4 Å². The molecule has 0 heterocycles. The maximum Gasteiger partial charge on any atom is 0.339 e. The highest BCUT2D eigenvalue weighted by Gasteiger charge is 2.26. The highest BCUT2D eigenvalue weighted by Crippen LogP contribution is 2.26. The van der Waals surface area contributed by atoms with Crippen LogP contribution in [0.15, 0.2) is 16.6 Å². The Hall–Kier alpha value is -1.36. The third-order valence-electron chi connectivity index (χ3n) is 3.24. The van der Waals surface area contributed by atoms with E-state index in [4.69, 9.17) is 4.74 Å². The lowest BCUT2D eigenvalue weighted by Crippen LogP contribution is -2.28. The van der Waals surface area contributed by atoms with Crippen LogP contribution in [-0.2, 0) is 11.2 Å². The number of carbonyl (C=O) groups is 2. The van der Waals surface area contributed by atoms with E-state index in [1.165, 1.54) is 12.1 Å². The van der Waals surface area contributed by atoms with Crippen LogP contribution in [0.25, 0.3) is 0 Å². The van der Waals surface area contributed by atoms with Gasteiger partial charge in [0.2, 0.25) is 0 Å². The summed E-state index contributed by atoms with van der Waals surface area (Å²) in [7, 11) is 0. The van der Waals surface area contributed by atoms with Gasteiger partial charge in [-0.15, -0.1) is 0 Å². The summed E-state index contributed by atoms with van der Waals surface area (Å²) in [6.07, 6.45) is 2.28. The van der Waals surface area contributed by atoms with Gasteiger partial charge < -0.3 is 9.84 Å². The first-order valence-electron chi connectivity index (χ1n) is 7.01. The fraction of sp³-hybridized carbons (Fsp3) is 0.500. The number of benzene rings is 1. The van der Waals surface area contributed by atoms with Gasteiger partial charge in [0, 0.05) is 4.47 Å². The Bertz CT molecular complexity index is 549. The van der Waals surface area contributed by atoms with Gasteiger partial charge in [-0.25, -0.2) is 9.59 Å². The summed E-state index contributed by atoms with van der Waals surface area (Å²) < 4.78 is 6.18. The van der Waals surface area contributed by atoms with Crippen molar-refractivity contribution in [2.45, 2.75) is 52.6 Å². The normalized spacial score (nSPS) is 11.3. The lowest BCUT2D eigenvalue weighted by atomic mass is 10.0. The molecule has 0 amide bonds. The number of rotatable bonds is 6. The van der Waals surface area contributed by atoms with Gasteiger partial charge in [0.1, 0.15) is 5.60 Å². The molecule has 0 aromatic heterocycles. The minimum absolute atomic E-state index is 0.0210. The number of aryl methyl sites for hydroxylation is 1. The Kier molecular flexibility index (Phi) is 5.96. The Balaban J connectivity index is 3.20. The zero-order valence-electron chi connectivity index (χ0n) is 12.8. The predicted octanol–water partition coefficient (Wildman–Crippen LogP) is 4.45. The average Bonchev–Trinajstić information content (AvgIpc) is 2.37. The molecule has 116 valence electrons. The first-order valence-corrected chi connectivity index (χ1v) is 7.80. The van der Waals surface area contributed by atoms with Crippen LogP contribution in [0.1, 0.15) is 66.8 Å². The van der Waals surface area contributed by atoms with Crippen molar-refractivity contribution < 1.29 is 19.4 Å². The first-order chi connectivity index (χ1) is 9.71. The number of aromatic carboxylic acids is 1. The predicted molar refractivity (Wildman–Crippen MR) is 84.9 cm³/mol. The smallest absolute Gasteiger partial charge is 0.339 e. The summed E-state index contributed by atoms with van der Waals surface area (Å²) in [6.45, 7) is 7.58. The number of carboxylic acids is 1. The molecule has 0 bridgehead atoms. The molecule has 0 unspecified atom stereocenters. The van der Waals surface area contributed by atoms with Crippen LogP contribution < -0.4 is 0 Å². The maximum atomic E-state index is 12.3. The second-order valence-corrected chi connectivity index (χ2v) is 6.40. The number of ether oxygens (including phenoxy) is 1. The molecular formula is C16H21BrO4. The minimum Gasteiger partial charge on any atom is -0.478 e. The molecule has 0 aliphatic carbocycles. The number of carboxylic acid groups (broad SMARTS) is 1. The Morgan fingerprint density at radius 1 is 1.24 bits per heavy atom. The molecule has 0 aliphatic rings. The van der Waals surface area contributed by atoms with E-state index in [9.17, 15) is 14.7 Å². The van der Waals surface area contributed by atoms with Crippen molar-refractivity contribution in [1.29, 1.82) is 0 Å². The van der Waals surface area contributed by atoms with Crippen molar-refractivity contribution in [2.24, 2.45) is 0 Å². The van der Waals surface area contributed by atoms with E-state index in [1.807, 2.05) is 27.7 Å². The van der Waals surface area contributed by atoms with Crippen molar-refractivity contribution in [2.75, 3.05) is 0 Å². The minimum atomic E-state index is -1.13. The fourth-order valence-electron chi connectivity index (χ4n) is 2.19. The van der Waals surface area contributed by atoms with E-state index in [1.54, 1.807) is 0 Å². The van der Waals surface area contributed by atoms with Gasteiger partial charge in [0.25, 0.3) is 0 Å². The van der Waals surface area contributed by atoms with Gasteiger partial charge in [-0.1, -0.05) is 36.2 Å². The molecule has 5 heteroatoms. The topological polar surface area (TPSA) is 63.6 Å². The third kappa shape index (κ3) is 4.56. The summed E-state index contributed by atoms with van der Waals surface area (Å²) >= 11 is 3.37. The molecule has 0 saturated heterocycles. The van der Waals surface area contributed by atoms with Crippen molar-refractivity contribution in [3.05, 3.63) is 33.3 Å². The number of esters is 1. The van der Waals surface area contributed by atoms with E-state index >= 15 is 0 Å². The van der Waals surface area contributed by atoms with Crippen LogP contribution >= 0.6 is 15.9 Å². The molecule has 1 N–H and O–H groups in total. The van der Waals surface area contributed by atoms with Gasteiger partial charge in [-0.2, -0.15) is 0 Å². The molecule has 0 saturated carbocycles. The van der Waals surface area contributed by atoms with E-state index in [-0.39, 0.29) is 11.1 Å². The lowest BCUT2D eigenvalue weighted by Gasteiger charge is -2.25. The van der Waals surface area contributed by atoms with Crippen molar-refractivity contribution in [3.63, 3.8) is 0 Å². The standard InChI is InChI=1S/C16H21BrO4/c1-5-7-16(3,4)21-15(20)12-9-13(17)10(6-2)8-11(12)14(18)19/h8-9H,5-7H2,1-4H3,(H,18,19). The second kappa shape index (κ2) is 7.07. The molecule has 0 aliphatic heterocycles. The van der Waals surface area contributed by atoms with E-state index in [0.717, 1.165) is 22.9 Å². The summed E-state index contributed by atoms with van der Waals surface area (Å²) in [4.78, 5) is 23.7. The first kappa shape index (κ1) is 17.7.